The minimum atomic E-state index is 0. The molecule has 1 aromatic carbocycles. The van der Waals surface area contributed by atoms with E-state index in [-0.39, 0.29) is 37.2 Å². The van der Waals surface area contributed by atoms with Crippen molar-refractivity contribution in [1.82, 2.24) is 0 Å². The molecule has 0 nitrogen and oxygen atoms in total. The van der Waals surface area contributed by atoms with Gasteiger partial charge in [-0.3, -0.25) is 0 Å². The predicted octanol–water partition coefficient (Wildman–Crippen LogP) is 2.62. The van der Waals surface area contributed by atoms with Gasteiger partial charge in [0.1, 0.15) is 0 Å². The molecule has 0 aromatic heterocycles. The van der Waals surface area contributed by atoms with Crippen molar-refractivity contribution in [3.8, 4) is 0 Å². The van der Waals surface area contributed by atoms with Crippen LogP contribution >= 0.6 is 37.2 Å². The van der Waals surface area contributed by atoms with Crippen molar-refractivity contribution in [3.63, 3.8) is 0 Å². The molecule has 11 heavy (non-hydrogen) atoms. The van der Waals surface area contributed by atoms with Crippen LogP contribution in [0.2, 0.25) is 0 Å². The van der Waals surface area contributed by atoms with Crippen molar-refractivity contribution >= 4 is 53.7 Å². The Morgan fingerprint density at radius 3 is 1.64 bits per heavy atom. The van der Waals surface area contributed by atoms with Crippen LogP contribution in [0.25, 0.3) is 0 Å². The maximum atomic E-state index is 2.16. The molecule has 0 aliphatic carbocycles. The van der Waals surface area contributed by atoms with Gasteiger partial charge in [-0.1, -0.05) is 0 Å². The van der Waals surface area contributed by atoms with E-state index in [1.807, 2.05) is 6.07 Å². The fraction of sp³-hybridized carbons (Fsp3) is 0.143. The molecule has 0 atom stereocenters. The van der Waals surface area contributed by atoms with E-state index in [2.05, 4.69) is 40.8 Å². The number of hydrogen-bond donors (Lipinski definition) is 0. The molecule has 0 saturated heterocycles. The Labute approximate surface area is 94.6 Å². The zero-order valence-electron chi connectivity index (χ0n) is 5.82. The topological polar surface area (TPSA) is 0 Å². The van der Waals surface area contributed by atoms with Crippen LogP contribution in [-0.2, 0) is 5.25 Å². The number of rotatable bonds is 1. The second-order valence-electron chi connectivity index (χ2n) is 1.66. The molecule has 0 aliphatic heterocycles. The monoisotopic (exact) mass is 273 g/mol. The molecule has 4 heteroatoms. The molecular formula is C7H10Cl3Ge. The van der Waals surface area contributed by atoms with Gasteiger partial charge >= 0.3 is 57.7 Å². The van der Waals surface area contributed by atoms with Crippen molar-refractivity contribution in [2.75, 3.05) is 0 Å². The maximum absolute atomic E-state index is 2.16. The summed E-state index contributed by atoms with van der Waals surface area (Å²) >= 11 is 2.16. The van der Waals surface area contributed by atoms with Crippen molar-refractivity contribution in [1.29, 1.82) is 0 Å². The van der Waals surface area contributed by atoms with E-state index in [9.17, 15) is 0 Å². The Balaban J connectivity index is -0.000000213. The minimum absolute atomic E-state index is 0. The third kappa shape index (κ3) is 7.01. The molecule has 63 valence electrons. The van der Waals surface area contributed by atoms with Gasteiger partial charge in [0.05, 0.1) is 0 Å². The summed E-state index contributed by atoms with van der Waals surface area (Å²) in [5.41, 5.74) is 1.41. The molecule has 0 saturated carbocycles. The quantitative estimate of drug-likeness (QED) is 0.690. The van der Waals surface area contributed by atoms with Gasteiger partial charge in [0, 0.05) is 0 Å². The van der Waals surface area contributed by atoms with Crippen LogP contribution in [0.5, 0.6) is 0 Å². The first-order valence-corrected chi connectivity index (χ1v) is 4.10. The Morgan fingerprint density at radius 1 is 0.909 bits per heavy atom. The number of halogens is 3. The van der Waals surface area contributed by atoms with Crippen molar-refractivity contribution in [2.45, 2.75) is 5.25 Å². The van der Waals surface area contributed by atoms with E-state index in [0.29, 0.717) is 0 Å². The van der Waals surface area contributed by atoms with E-state index in [0.717, 1.165) is 5.25 Å². The fourth-order valence-corrected chi connectivity index (χ4v) is 1.09. The summed E-state index contributed by atoms with van der Waals surface area (Å²) in [7, 11) is 0. The Bertz CT molecular complexity index is 155. The summed E-state index contributed by atoms with van der Waals surface area (Å²) < 4.78 is 0. The number of hydrogen-bond acceptors (Lipinski definition) is 0. The second-order valence-corrected chi connectivity index (χ2v) is 2.40. The van der Waals surface area contributed by atoms with Gasteiger partial charge in [0.2, 0.25) is 0 Å². The Kier molecular flexibility index (Phi) is 17.1. The van der Waals surface area contributed by atoms with E-state index in [1.54, 1.807) is 0 Å². The molecule has 0 unspecified atom stereocenters. The first kappa shape index (κ1) is 17.6. The van der Waals surface area contributed by atoms with Crippen LogP contribution in [0.15, 0.2) is 30.3 Å². The van der Waals surface area contributed by atoms with Gasteiger partial charge in [-0.15, -0.1) is 37.2 Å². The normalized spacial score (nSPS) is 6.64. The standard InChI is InChI=1S/C7H7Ge.3ClH/c8-6-7-4-2-1-3-5-7;;;/h1-5H,6H2;3*1H. The molecule has 0 spiro atoms. The zero-order chi connectivity index (χ0) is 5.82. The summed E-state index contributed by atoms with van der Waals surface area (Å²) in [6.45, 7) is 0. The summed E-state index contributed by atoms with van der Waals surface area (Å²) in [6.07, 6.45) is 0. The van der Waals surface area contributed by atoms with Gasteiger partial charge in [-0.05, 0) is 0 Å². The molecule has 0 bridgehead atoms. The second kappa shape index (κ2) is 10.6. The summed E-state index contributed by atoms with van der Waals surface area (Å²) in [5.74, 6) is 0. The molecule has 0 fully saturated rings. The van der Waals surface area contributed by atoms with Crippen LogP contribution < -0.4 is 0 Å². The van der Waals surface area contributed by atoms with Gasteiger partial charge in [0.25, 0.3) is 0 Å². The molecule has 3 radical (unpaired) electrons. The van der Waals surface area contributed by atoms with Crippen LogP contribution in [-0.4, -0.2) is 16.5 Å². The van der Waals surface area contributed by atoms with Crippen LogP contribution in [0.1, 0.15) is 5.56 Å². The molecule has 0 amide bonds. The van der Waals surface area contributed by atoms with Crippen molar-refractivity contribution < 1.29 is 0 Å². The van der Waals surface area contributed by atoms with Crippen LogP contribution in [0.4, 0.5) is 0 Å². The molecule has 0 aliphatic rings. The van der Waals surface area contributed by atoms with Crippen LogP contribution in [0, 0.1) is 0 Å². The summed E-state index contributed by atoms with van der Waals surface area (Å²) in [5, 5.41) is 1.14. The van der Waals surface area contributed by atoms with Crippen LogP contribution in [0.3, 0.4) is 0 Å². The Morgan fingerprint density at radius 2 is 1.36 bits per heavy atom. The SMILES string of the molecule is Cl.Cl.Cl.[Ge][CH2]c1ccccc1. The molecule has 0 N–H and O–H groups in total. The predicted molar refractivity (Wildman–Crippen MR) is 57.6 cm³/mol. The molecule has 0 heterocycles. The average molecular weight is 273 g/mol. The molecular weight excluding hydrogens is 263 g/mol. The van der Waals surface area contributed by atoms with E-state index in [4.69, 9.17) is 0 Å². The van der Waals surface area contributed by atoms with E-state index >= 15 is 0 Å². The summed E-state index contributed by atoms with van der Waals surface area (Å²) in [4.78, 5) is 0. The molecule has 1 aromatic rings. The summed E-state index contributed by atoms with van der Waals surface area (Å²) in [6, 6.07) is 10.5. The van der Waals surface area contributed by atoms with Gasteiger partial charge in [-0.2, -0.15) is 0 Å². The average Bonchev–Trinajstić information content (AvgIpc) is 1.90. The first-order valence-electron chi connectivity index (χ1n) is 2.62. The van der Waals surface area contributed by atoms with Gasteiger partial charge in [0.15, 0.2) is 0 Å². The van der Waals surface area contributed by atoms with Crippen molar-refractivity contribution in [3.05, 3.63) is 35.9 Å². The fourth-order valence-electron chi connectivity index (χ4n) is 0.596. The van der Waals surface area contributed by atoms with E-state index in [1.165, 1.54) is 5.56 Å². The first-order chi connectivity index (χ1) is 3.93. The Hall–Kier alpha value is 0.633. The van der Waals surface area contributed by atoms with Gasteiger partial charge in [-0.25, -0.2) is 0 Å². The zero-order valence-corrected chi connectivity index (χ0v) is 10.4. The van der Waals surface area contributed by atoms with Crippen molar-refractivity contribution in [2.24, 2.45) is 0 Å². The third-order valence-electron chi connectivity index (χ3n) is 1.05. The number of benzene rings is 1. The van der Waals surface area contributed by atoms with Gasteiger partial charge < -0.3 is 0 Å². The molecule has 1 rings (SSSR count). The third-order valence-corrected chi connectivity index (χ3v) is 1.90. The van der Waals surface area contributed by atoms with E-state index < -0.39 is 0 Å².